The van der Waals surface area contributed by atoms with Crippen molar-refractivity contribution < 1.29 is 8.78 Å². The van der Waals surface area contributed by atoms with Crippen LogP contribution in [-0.2, 0) is 6.42 Å². The van der Waals surface area contributed by atoms with Crippen LogP contribution in [0, 0.1) is 5.82 Å². The summed E-state index contributed by atoms with van der Waals surface area (Å²) in [6.45, 7) is 0. The van der Waals surface area contributed by atoms with Gasteiger partial charge in [-0.1, -0.05) is 34.1 Å². The highest BCUT2D eigenvalue weighted by Gasteiger charge is 2.08. The minimum Gasteiger partial charge on any atom is -0.246 e. The zero-order chi connectivity index (χ0) is 8.97. The topological polar surface area (TPSA) is 0 Å². The first-order valence-electron chi connectivity index (χ1n) is 3.67. The molecule has 0 aromatic heterocycles. The average molecular weight is 235 g/mol. The Kier molecular flexibility index (Phi) is 3.66. The van der Waals surface area contributed by atoms with E-state index in [9.17, 15) is 8.78 Å². The van der Waals surface area contributed by atoms with Crippen molar-refractivity contribution in [2.45, 2.75) is 12.6 Å². The van der Waals surface area contributed by atoms with Crippen LogP contribution in [0.5, 0.6) is 0 Å². The van der Waals surface area contributed by atoms with Crippen LogP contribution < -0.4 is 0 Å². The molecule has 0 fully saturated rings. The molecule has 12 heavy (non-hydrogen) atoms. The lowest BCUT2D eigenvalue weighted by atomic mass is 10.1. The van der Waals surface area contributed by atoms with Gasteiger partial charge in [0.15, 0.2) is 0 Å². The summed E-state index contributed by atoms with van der Waals surface area (Å²) < 4.78 is 25.7. The maximum absolute atomic E-state index is 12.9. The predicted molar refractivity (Wildman–Crippen MR) is 48.8 cm³/mol. The lowest BCUT2D eigenvalue weighted by Gasteiger charge is -2.04. The Morgan fingerprint density at radius 1 is 1.33 bits per heavy atom. The summed E-state index contributed by atoms with van der Waals surface area (Å²) >= 11 is 3.00. The molecule has 0 aliphatic rings. The molecule has 0 N–H and O–H groups in total. The number of alkyl halides is 2. The van der Waals surface area contributed by atoms with Crippen LogP contribution in [0.3, 0.4) is 0 Å². The molecular weight excluding hydrogens is 226 g/mol. The van der Waals surface area contributed by atoms with E-state index >= 15 is 0 Å². The Hall–Kier alpha value is -0.440. The van der Waals surface area contributed by atoms with Gasteiger partial charge in [-0.05, 0) is 11.6 Å². The molecule has 1 aromatic carbocycles. The Morgan fingerprint density at radius 2 is 2.00 bits per heavy atom. The smallest absolute Gasteiger partial charge is 0.126 e. The van der Waals surface area contributed by atoms with E-state index in [1.807, 2.05) is 0 Å². The summed E-state index contributed by atoms with van der Waals surface area (Å²) in [5.41, 5.74) is 0.435. The molecule has 0 spiro atoms. The Balaban J connectivity index is 2.69. The van der Waals surface area contributed by atoms with Crippen LogP contribution in [0.1, 0.15) is 5.56 Å². The third-order valence-corrected chi connectivity index (χ3v) is 2.27. The van der Waals surface area contributed by atoms with Gasteiger partial charge in [0.05, 0.1) is 0 Å². The summed E-state index contributed by atoms with van der Waals surface area (Å²) in [4.78, 5) is 0. The summed E-state index contributed by atoms with van der Waals surface area (Å²) in [5.74, 6) is -0.332. The molecule has 0 aliphatic carbocycles. The molecule has 1 rings (SSSR count). The maximum atomic E-state index is 12.9. The number of hydrogen-bond donors (Lipinski definition) is 0. The van der Waals surface area contributed by atoms with Gasteiger partial charge in [-0.25, -0.2) is 8.78 Å². The van der Waals surface area contributed by atoms with Gasteiger partial charge in [0, 0.05) is 11.8 Å². The number of hydrogen-bond acceptors (Lipinski definition) is 0. The first-order chi connectivity index (χ1) is 5.74. The van der Waals surface area contributed by atoms with Crippen LogP contribution in [0.4, 0.5) is 8.78 Å². The fraction of sp³-hybridized carbons (Fsp3) is 0.333. The SMILES string of the molecule is Fc1ccccc1CC(F)CBr. The molecular formula is C9H9BrF2. The Morgan fingerprint density at radius 3 is 2.58 bits per heavy atom. The Bertz CT molecular complexity index is 250. The number of rotatable bonds is 3. The minimum absolute atomic E-state index is 0.137. The van der Waals surface area contributed by atoms with Gasteiger partial charge in [0.25, 0.3) is 0 Å². The molecule has 0 saturated carbocycles. The summed E-state index contributed by atoms with van der Waals surface area (Å²) in [6.07, 6.45) is -0.875. The zero-order valence-electron chi connectivity index (χ0n) is 6.43. The van der Waals surface area contributed by atoms with Crippen molar-refractivity contribution in [1.29, 1.82) is 0 Å². The van der Waals surface area contributed by atoms with Gasteiger partial charge in [-0.15, -0.1) is 0 Å². The molecule has 0 aliphatic heterocycles. The molecule has 3 heteroatoms. The van der Waals surface area contributed by atoms with Crippen molar-refractivity contribution in [3.8, 4) is 0 Å². The Labute approximate surface area is 78.7 Å². The van der Waals surface area contributed by atoms with E-state index in [0.717, 1.165) is 0 Å². The molecule has 0 amide bonds. The third kappa shape index (κ3) is 2.55. The van der Waals surface area contributed by atoms with Crippen LogP contribution in [0.15, 0.2) is 24.3 Å². The van der Waals surface area contributed by atoms with E-state index < -0.39 is 6.17 Å². The van der Waals surface area contributed by atoms with Gasteiger partial charge in [0.2, 0.25) is 0 Å². The van der Waals surface area contributed by atoms with Crippen LogP contribution in [0.25, 0.3) is 0 Å². The second-order valence-electron chi connectivity index (χ2n) is 2.55. The highest BCUT2D eigenvalue weighted by Crippen LogP contribution is 2.11. The zero-order valence-corrected chi connectivity index (χ0v) is 8.02. The molecule has 0 nitrogen and oxygen atoms in total. The van der Waals surface area contributed by atoms with E-state index in [2.05, 4.69) is 15.9 Å². The van der Waals surface area contributed by atoms with Crippen LogP contribution in [0.2, 0.25) is 0 Å². The van der Waals surface area contributed by atoms with Gasteiger partial charge in [-0.3, -0.25) is 0 Å². The maximum Gasteiger partial charge on any atom is 0.126 e. The lowest BCUT2D eigenvalue weighted by molar-refractivity contribution is 0.364. The number of benzene rings is 1. The quantitative estimate of drug-likeness (QED) is 0.706. The highest BCUT2D eigenvalue weighted by molar-refractivity contribution is 9.09. The van der Waals surface area contributed by atoms with Crippen molar-refractivity contribution >= 4 is 15.9 Å². The summed E-state index contributed by atoms with van der Waals surface area (Å²) in [6, 6.07) is 6.25. The molecule has 1 unspecified atom stereocenters. The van der Waals surface area contributed by atoms with E-state index in [1.165, 1.54) is 6.07 Å². The van der Waals surface area contributed by atoms with Crippen LogP contribution in [-0.4, -0.2) is 11.5 Å². The molecule has 0 saturated heterocycles. The predicted octanol–water partition coefficient (Wildman–Crippen LogP) is 3.10. The molecule has 0 bridgehead atoms. The van der Waals surface area contributed by atoms with E-state index in [1.54, 1.807) is 18.2 Å². The summed E-state index contributed by atoms with van der Waals surface area (Å²) in [7, 11) is 0. The van der Waals surface area contributed by atoms with Gasteiger partial charge < -0.3 is 0 Å². The van der Waals surface area contributed by atoms with Gasteiger partial charge in [0.1, 0.15) is 12.0 Å². The van der Waals surface area contributed by atoms with Crippen molar-refractivity contribution in [2.75, 3.05) is 5.33 Å². The van der Waals surface area contributed by atoms with Crippen molar-refractivity contribution in [3.63, 3.8) is 0 Å². The first kappa shape index (κ1) is 9.65. The fourth-order valence-electron chi connectivity index (χ4n) is 0.957. The van der Waals surface area contributed by atoms with Crippen molar-refractivity contribution in [1.82, 2.24) is 0 Å². The fourth-order valence-corrected chi connectivity index (χ4v) is 1.19. The molecule has 66 valence electrons. The monoisotopic (exact) mass is 234 g/mol. The summed E-state index contributed by atoms with van der Waals surface area (Å²) in [5, 5.41) is 0.251. The van der Waals surface area contributed by atoms with E-state index in [4.69, 9.17) is 0 Å². The lowest BCUT2D eigenvalue weighted by Crippen LogP contribution is -2.07. The minimum atomic E-state index is -1.01. The average Bonchev–Trinajstić information content (AvgIpc) is 2.09. The van der Waals surface area contributed by atoms with Crippen molar-refractivity contribution in [3.05, 3.63) is 35.6 Å². The third-order valence-electron chi connectivity index (χ3n) is 1.57. The highest BCUT2D eigenvalue weighted by atomic mass is 79.9. The molecule has 0 heterocycles. The molecule has 1 atom stereocenters. The van der Waals surface area contributed by atoms with Gasteiger partial charge in [-0.2, -0.15) is 0 Å². The molecule has 1 aromatic rings. The van der Waals surface area contributed by atoms with E-state index in [-0.39, 0.29) is 17.6 Å². The van der Waals surface area contributed by atoms with E-state index in [0.29, 0.717) is 5.56 Å². The number of halogens is 3. The normalized spacial score (nSPS) is 12.9. The molecule has 0 radical (unpaired) electrons. The van der Waals surface area contributed by atoms with Crippen LogP contribution >= 0.6 is 15.9 Å². The second kappa shape index (κ2) is 4.55. The standard InChI is InChI=1S/C9H9BrF2/c10-6-8(11)5-7-3-1-2-4-9(7)12/h1-4,8H,5-6H2. The van der Waals surface area contributed by atoms with Crippen molar-refractivity contribution in [2.24, 2.45) is 0 Å². The first-order valence-corrected chi connectivity index (χ1v) is 4.79. The second-order valence-corrected chi connectivity index (χ2v) is 3.19. The van der Waals surface area contributed by atoms with Gasteiger partial charge >= 0.3 is 0 Å². The largest absolute Gasteiger partial charge is 0.246 e.